The maximum absolute atomic E-state index is 13.2. The number of hydrogen-bond donors (Lipinski definition) is 0. The molecule has 2 aromatic rings. The van der Waals surface area contributed by atoms with E-state index in [1.165, 1.54) is 0 Å². The number of halogens is 2. The van der Waals surface area contributed by atoms with E-state index >= 15 is 0 Å². The summed E-state index contributed by atoms with van der Waals surface area (Å²) >= 11 is 12.0. The highest BCUT2D eigenvalue weighted by Gasteiger charge is 2.25. The minimum atomic E-state index is 0.110. The maximum Gasteiger partial charge on any atom is 0.187 e. The van der Waals surface area contributed by atoms with Crippen LogP contribution in [-0.2, 0) is 4.79 Å². The molecular weight excluding hydrogens is 403 g/mol. The van der Waals surface area contributed by atoms with Crippen LogP contribution in [-0.4, -0.2) is 55.9 Å². The minimum absolute atomic E-state index is 0.110. The van der Waals surface area contributed by atoms with Gasteiger partial charge in [0.1, 0.15) is 0 Å². The van der Waals surface area contributed by atoms with Gasteiger partial charge >= 0.3 is 0 Å². The molecule has 0 spiro atoms. The van der Waals surface area contributed by atoms with Crippen LogP contribution in [0.1, 0.15) is 17.5 Å². The minimum Gasteiger partial charge on any atom is -0.309 e. The molecule has 0 unspecified atom stereocenters. The molecular formula is C24H26Cl2N2O. The molecule has 3 rings (SSSR count). The zero-order valence-electron chi connectivity index (χ0n) is 16.9. The summed E-state index contributed by atoms with van der Waals surface area (Å²) in [5.41, 5.74) is 3.59. The van der Waals surface area contributed by atoms with Crippen molar-refractivity contribution in [3.8, 4) is 0 Å². The molecule has 1 aliphatic rings. The maximum atomic E-state index is 13.2. The molecule has 0 amide bonds. The number of ketones is 1. The SMILES string of the molecule is CN(C)CCCN1C/C(=C\c2ccc(Cl)cc2)C(=O)/C(=C/c2ccc(Cl)cc2)C1. The first-order valence-corrected chi connectivity index (χ1v) is 10.5. The first-order valence-electron chi connectivity index (χ1n) is 9.75. The first-order chi connectivity index (χ1) is 13.9. The highest BCUT2D eigenvalue weighted by molar-refractivity contribution is 6.30. The van der Waals surface area contributed by atoms with Crippen LogP contribution < -0.4 is 0 Å². The van der Waals surface area contributed by atoms with E-state index in [9.17, 15) is 4.79 Å². The molecule has 1 fully saturated rings. The van der Waals surface area contributed by atoms with Gasteiger partial charge in [0.25, 0.3) is 0 Å². The third kappa shape index (κ3) is 6.55. The predicted octanol–water partition coefficient (Wildman–Crippen LogP) is 5.30. The van der Waals surface area contributed by atoms with Gasteiger partial charge in [0.2, 0.25) is 0 Å². The van der Waals surface area contributed by atoms with Crippen LogP contribution >= 0.6 is 23.2 Å². The Morgan fingerprint density at radius 2 is 1.31 bits per heavy atom. The highest BCUT2D eigenvalue weighted by Crippen LogP contribution is 2.23. The zero-order chi connectivity index (χ0) is 20.8. The molecule has 1 aliphatic heterocycles. The van der Waals surface area contributed by atoms with Crippen LogP contribution in [0, 0.1) is 0 Å². The molecule has 0 N–H and O–H groups in total. The Kier molecular flexibility index (Phi) is 7.68. The van der Waals surface area contributed by atoms with E-state index in [1.54, 1.807) is 0 Å². The lowest BCUT2D eigenvalue weighted by molar-refractivity contribution is -0.113. The summed E-state index contributed by atoms with van der Waals surface area (Å²) in [4.78, 5) is 17.7. The van der Waals surface area contributed by atoms with Crippen LogP contribution in [0.15, 0.2) is 59.7 Å². The average molecular weight is 429 g/mol. The lowest BCUT2D eigenvalue weighted by Gasteiger charge is -2.30. The normalized spacial score (nSPS) is 18.2. The van der Waals surface area contributed by atoms with Gasteiger partial charge in [-0.05, 0) is 74.6 Å². The van der Waals surface area contributed by atoms with Crippen molar-refractivity contribution in [2.24, 2.45) is 0 Å². The van der Waals surface area contributed by atoms with Crippen molar-refractivity contribution in [3.63, 3.8) is 0 Å². The number of carbonyl (C=O) groups is 1. The van der Waals surface area contributed by atoms with Gasteiger partial charge in [0.05, 0.1) is 0 Å². The topological polar surface area (TPSA) is 23.6 Å². The standard InChI is InChI=1S/C24H26Cl2N2O/c1-27(2)12-3-13-28-16-20(14-18-4-8-22(25)9-5-18)24(29)21(17-28)15-19-6-10-23(26)11-7-19/h4-11,14-15H,3,12-13,16-17H2,1-2H3/b20-14+,21-15+. The van der Waals surface area contributed by atoms with Crippen molar-refractivity contribution < 1.29 is 4.79 Å². The van der Waals surface area contributed by atoms with Gasteiger partial charge in [-0.3, -0.25) is 9.69 Å². The summed E-state index contributed by atoms with van der Waals surface area (Å²) < 4.78 is 0. The highest BCUT2D eigenvalue weighted by atomic mass is 35.5. The fraction of sp³-hybridized carbons (Fsp3) is 0.292. The van der Waals surface area contributed by atoms with Crippen molar-refractivity contribution in [1.29, 1.82) is 0 Å². The van der Waals surface area contributed by atoms with Crippen LogP contribution in [0.4, 0.5) is 0 Å². The summed E-state index contributed by atoms with van der Waals surface area (Å²) in [6.45, 7) is 3.29. The quantitative estimate of drug-likeness (QED) is 0.583. The smallest absolute Gasteiger partial charge is 0.187 e. The summed E-state index contributed by atoms with van der Waals surface area (Å²) in [5.74, 6) is 0.110. The van der Waals surface area contributed by atoms with Crippen molar-refractivity contribution in [2.45, 2.75) is 6.42 Å². The van der Waals surface area contributed by atoms with Gasteiger partial charge < -0.3 is 4.90 Å². The molecule has 0 radical (unpaired) electrons. The Bertz CT molecular complexity index is 832. The number of likely N-dealkylation sites (tertiary alicyclic amines) is 1. The molecule has 1 heterocycles. The molecule has 0 aromatic heterocycles. The monoisotopic (exact) mass is 428 g/mol. The summed E-state index contributed by atoms with van der Waals surface area (Å²) in [5, 5.41) is 1.38. The van der Waals surface area contributed by atoms with E-state index in [0.717, 1.165) is 41.8 Å². The number of piperidine rings is 1. The second-order valence-electron chi connectivity index (χ2n) is 7.64. The zero-order valence-corrected chi connectivity index (χ0v) is 18.4. The largest absolute Gasteiger partial charge is 0.309 e. The summed E-state index contributed by atoms with van der Waals surface area (Å²) in [6, 6.07) is 15.2. The Hall–Kier alpha value is -1.91. The van der Waals surface area contributed by atoms with Gasteiger partial charge in [-0.25, -0.2) is 0 Å². The van der Waals surface area contributed by atoms with E-state index in [4.69, 9.17) is 23.2 Å². The van der Waals surface area contributed by atoms with Gasteiger partial charge in [0.15, 0.2) is 5.78 Å². The summed E-state index contributed by atoms with van der Waals surface area (Å²) in [7, 11) is 4.16. The fourth-order valence-electron chi connectivity index (χ4n) is 3.40. The van der Waals surface area contributed by atoms with E-state index in [1.807, 2.05) is 60.7 Å². The number of rotatable bonds is 6. The lowest BCUT2D eigenvalue weighted by Crippen LogP contribution is -2.39. The second-order valence-corrected chi connectivity index (χ2v) is 8.51. The number of hydrogen-bond acceptors (Lipinski definition) is 3. The van der Waals surface area contributed by atoms with Crippen LogP contribution in [0.5, 0.6) is 0 Å². The van der Waals surface area contributed by atoms with Crippen molar-refractivity contribution in [3.05, 3.63) is 80.8 Å². The molecule has 0 saturated carbocycles. The first kappa shape index (κ1) is 21.8. The molecule has 0 atom stereocenters. The number of benzene rings is 2. The van der Waals surface area contributed by atoms with E-state index in [-0.39, 0.29) is 5.78 Å². The Labute approximate surface area is 183 Å². The average Bonchev–Trinajstić information content (AvgIpc) is 2.68. The van der Waals surface area contributed by atoms with Crippen LogP contribution in [0.3, 0.4) is 0 Å². The molecule has 152 valence electrons. The number of carbonyl (C=O) groups excluding carboxylic acids is 1. The predicted molar refractivity (Wildman–Crippen MR) is 123 cm³/mol. The van der Waals surface area contributed by atoms with Gasteiger partial charge in [0, 0.05) is 40.8 Å². The van der Waals surface area contributed by atoms with Gasteiger partial charge in [-0.1, -0.05) is 47.5 Å². The van der Waals surface area contributed by atoms with Crippen LogP contribution in [0.25, 0.3) is 12.2 Å². The Balaban J connectivity index is 1.86. The van der Waals surface area contributed by atoms with E-state index in [0.29, 0.717) is 23.1 Å². The Morgan fingerprint density at radius 1 is 0.862 bits per heavy atom. The Morgan fingerprint density at radius 3 is 1.72 bits per heavy atom. The number of Topliss-reactive ketones (excluding diaryl/α,β-unsaturated/α-hetero) is 1. The third-order valence-electron chi connectivity index (χ3n) is 4.87. The van der Waals surface area contributed by atoms with Gasteiger partial charge in [-0.15, -0.1) is 0 Å². The molecule has 29 heavy (non-hydrogen) atoms. The molecule has 0 aliphatic carbocycles. The van der Waals surface area contributed by atoms with Crippen molar-refractivity contribution in [2.75, 3.05) is 40.3 Å². The van der Waals surface area contributed by atoms with Crippen molar-refractivity contribution in [1.82, 2.24) is 9.80 Å². The van der Waals surface area contributed by atoms with E-state index in [2.05, 4.69) is 23.9 Å². The second kappa shape index (κ2) is 10.2. The van der Waals surface area contributed by atoms with E-state index < -0.39 is 0 Å². The lowest BCUT2D eigenvalue weighted by atomic mass is 9.94. The fourth-order valence-corrected chi connectivity index (χ4v) is 3.65. The van der Waals surface area contributed by atoms with Crippen molar-refractivity contribution >= 4 is 41.1 Å². The molecule has 3 nitrogen and oxygen atoms in total. The van der Waals surface area contributed by atoms with Crippen LogP contribution in [0.2, 0.25) is 10.0 Å². The molecule has 5 heteroatoms. The molecule has 2 aromatic carbocycles. The molecule has 1 saturated heterocycles. The summed E-state index contributed by atoms with van der Waals surface area (Å²) in [6.07, 6.45) is 5.02. The van der Waals surface area contributed by atoms with Gasteiger partial charge in [-0.2, -0.15) is 0 Å². The molecule has 0 bridgehead atoms. The number of nitrogens with zero attached hydrogens (tertiary/aromatic N) is 2. The third-order valence-corrected chi connectivity index (χ3v) is 5.38.